The zero-order valence-electron chi connectivity index (χ0n) is 10.7. The van der Waals surface area contributed by atoms with Crippen molar-refractivity contribution in [2.24, 2.45) is 0 Å². The fourth-order valence-electron chi connectivity index (χ4n) is 1.67. The van der Waals surface area contributed by atoms with E-state index in [0.29, 0.717) is 10.7 Å². The van der Waals surface area contributed by atoms with Crippen LogP contribution in [-0.2, 0) is 11.3 Å². The van der Waals surface area contributed by atoms with Gasteiger partial charge in [0.15, 0.2) is 0 Å². The Hall–Kier alpha value is -2.67. The number of aromatic nitrogens is 1. The summed E-state index contributed by atoms with van der Waals surface area (Å²) in [6, 6.07) is 8.65. The maximum absolute atomic E-state index is 11.8. The monoisotopic (exact) mass is 307 g/mol. The lowest BCUT2D eigenvalue weighted by molar-refractivity contribution is -0.385. The van der Waals surface area contributed by atoms with Crippen LogP contribution in [0.1, 0.15) is 0 Å². The van der Waals surface area contributed by atoms with Gasteiger partial charge in [0.1, 0.15) is 6.54 Å². The summed E-state index contributed by atoms with van der Waals surface area (Å²) < 4.78 is 0.970. The van der Waals surface area contributed by atoms with Gasteiger partial charge in [-0.15, -0.1) is 0 Å². The van der Waals surface area contributed by atoms with Crippen molar-refractivity contribution in [1.82, 2.24) is 4.57 Å². The van der Waals surface area contributed by atoms with Crippen LogP contribution in [-0.4, -0.2) is 15.4 Å². The third-order valence-corrected chi connectivity index (χ3v) is 2.84. The largest absolute Gasteiger partial charge is 0.324 e. The van der Waals surface area contributed by atoms with Crippen LogP contribution in [0, 0.1) is 10.1 Å². The molecule has 1 N–H and O–H groups in total. The number of nitrogens with zero attached hydrogens (tertiary/aromatic N) is 2. The Bertz CT molecular complexity index is 757. The molecule has 0 radical (unpaired) electrons. The third-order valence-electron chi connectivity index (χ3n) is 2.60. The van der Waals surface area contributed by atoms with E-state index in [9.17, 15) is 19.7 Å². The van der Waals surface area contributed by atoms with Crippen molar-refractivity contribution in [1.29, 1.82) is 0 Å². The topological polar surface area (TPSA) is 94.2 Å². The van der Waals surface area contributed by atoms with Crippen molar-refractivity contribution in [2.75, 3.05) is 5.32 Å². The molecule has 2 rings (SSSR count). The van der Waals surface area contributed by atoms with E-state index >= 15 is 0 Å². The van der Waals surface area contributed by atoms with Crippen LogP contribution in [0.3, 0.4) is 0 Å². The summed E-state index contributed by atoms with van der Waals surface area (Å²) in [6.07, 6.45) is 1.03. The fourth-order valence-corrected chi connectivity index (χ4v) is 1.86. The molecule has 0 bridgehead atoms. The van der Waals surface area contributed by atoms with Crippen LogP contribution >= 0.6 is 11.6 Å². The molecule has 1 amide bonds. The van der Waals surface area contributed by atoms with Gasteiger partial charge in [-0.1, -0.05) is 17.7 Å². The molecule has 8 heteroatoms. The minimum absolute atomic E-state index is 0.259. The first-order chi connectivity index (χ1) is 9.95. The summed E-state index contributed by atoms with van der Waals surface area (Å²) in [5.74, 6) is -0.486. The molecule has 0 saturated heterocycles. The number of nitrogens with one attached hydrogen (secondary N) is 1. The quantitative estimate of drug-likeness (QED) is 0.691. The molecule has 1 aromatic carbocycles. The number of halogens is 1. The number of nitro groups is 1. The number of benzene rings is 1. The van der Waals surface area contributed by atoms with Crippen LogP contribution in [0.5, 0.6) is 0 Å². The number of hydrogen-bond donors (Lipinski definition) is 1. The zero-order chi connectivity index (χ0) is 15.4. The maximum atomic E-state index is 11.8. The number of carbonyl (C=O) groups excluding carboxylic acids is 1. The first kappa shape index (κ1) is 14.7. The highest BCUT2D eigenvalue weighted by Gasteiger charge is 2.10. The van der Waals surface area contributed by atoms with Gasteiger partial charge in [0.2, 0.25) is 5.91 Å². The lowest BCUT2D eigenvalue weighted by Crippen LogP contribution is -2.26. The van der Waals surface area contributed by atoms with Crippen molar-refractivity contribution in [3.63, 3.8) is 0 Å². The molecule has 2 aromatic rings. The lowest BCUT2D eigenvalue weighted by atomic mass is 10.3. The number of pyridine rings is 1. The highest BCUT2D eigenvalue weighted by molar-refractivity contribution is 6.30. The first-order valence-electron chi connectivity index (χ1n) is 5.86. The predicted molar refractivity (Wildman–Crippen MR) is 77.4 cm³/mol. The molecule has 0 spiro atoms. The standard InChI is InChI=1S/C13H10ClN3O4/c14-9-2-1-3-10(6-9)15-12(18)8-16-7-11(17(20)21)4-5-13(16)19/h1-7H,8H2,(H,15,18). The SMILES string of the molecule is O=C(Cn1cc([N+](=O)[O-])ccc1=O)Nc1cccc(Cl)c1. The fraction of sp³-hybridized carbons (Fsp3) is 0.0769. The van der Waals surface area contributed by atoms with E-state index in [2.05, 4.69) is 5.32 Å². The number of hydrogen-bond acceptors (Lipinski definition) is 4. The molecular weight excluding hydrogens is 298 g/mol. The molecule has 0 fully saturated rings. The van der Waals surface area contributed by atoms with Crippen LogP contribution in [0.25, 0.3) is 0 Å². The minimum atomic E-state index is -0.634. The Morgan fingerprint density at radius 1 is 1.33 bits per heavy atom. The van der Waals surface area contributed by atoms with Crippen LogP contribution in [0.4, 0.5) is 11.4 Å². The number of amides is 1. The molecule has 7 nitrogen and oxygen atoms in total. The molecular formula is C13H10ClN3O4. The van der Waals surface area contributed by atoms with Gasteiger partial charge in [-0.3, -0.25) is 24.3 Å². The van der Waals surface area contributed by atoms with Gasteiger partial charge in [-0.25, -0.2) is 0 Å². The number of anilines is 1. The Balaban J connectivity index is 2.14. The number of carbonyl (C=O) groups is 1. The average molecular weight is 308 g/mol. The summed E-state index contributed by atoms with van der Waals surface area (Å²) in [5.41, 5.74) is -0.280. The Morgan fingerprint density at radius 3 is 2.76 bits per heavy atom. The molecule has 108 valence electrons. The van der Waals surface area contributed by atoms with E-state index in [-0.39, 0.29) is 12.2 Å². The van der Waals surface area contributed by atoms with Crippen molar-refractivity contribution < 1.29 is 9.72 Å². The summed E-state index contributed by atoms with van der Waals surface area (Å²) in [7, 11) is 0. The van der Waals surface area contributed by atoms with Crippen molar-refractivity contribution in [2.45, 2.75) is 6.54 Å². The zero-order valence-corrected chi connectivity index (χ0v) is 11.4. The van der Waals surface area contributed by atoms with Crippen molar-refractivity contribution >= 4 is 28.9 Å². The Kier molecular flexibility index (Phi) is 4.34. The normalized spacial score (nSPS) is 10.1. The Labute approximate surface area is 123 Å². The van der Waals surface area contributed by atoms with Crippen LogP contribution < -0.4 is 10.9 Å². The van der Waals surface area contributed by atoms with Crippen molar-refractivity contribution in [3.05, 3.63) is 68.1 Å². The third kappa shape index (κ3) is 3.90. The second kappa shape index (κ2) is 6.19. The van der Waals surface area contributed by atoms with E-state index in [1.165, 1.54) is 0 Å². The summed E-state index contributed by atoms with van der Waals surface area (Å²) in [4.78, 5) is 33.4. The van der Waals surface area contributed by atoms with E-state index in [1.54, 1.807) is 24.3 Å². The van der Waals surface area contributed by atoms with Gasteiger partial charge < -0.3 is 5.32 Å². The molecule has 0 aliphatic carbocycles. The molecule has 0 aliphatic rings. The molecule has 1 heterocycles. The summed E-state index contributed by atoms with van der Waals surface area (Å²) in [6.45, 7) is -0.326. The van der Waals surface area contributed by atoms with E-state index < -0.39 is 16.4 Å². The molecule has 0 atom stereocenters. The predicted octanol–water partition coefficient (Wildman–Crippen LogP) is 2.05. The molecule has 0 saturated carbocycles. The maximum Gasteiger partial charge on any atom is 0.285 e. The van der Waals surface area contributed by atoms with Crippen LogP contribution in [0.2, 0.25) is 5.02 Å². The van der Waals surface area contributed by atoms with Gasteiger partial charge in [0, 0.05) is 22.8 Å². The second-order valence-electron chi connectivity index (χ2n) is 4.17. The van der Waals surface area contributed by atoms with Crippen LogP contribution in [0.15, 0.2) is 47.4 Å². The van der Waals surface area contributed by atoms with Gasteiger partial charge in [-0.05, 0) is 18.2 Å². The van der Waals surface area contributed by atoms with Gasteiger partial charge in [0.05, 0.1) is 11.1 Å². The molecule has 1 aromatic heterocycles. The average Bonchev–Trinajstić information content (AvgIpc) is 2.41. The van der Waals surface area contributed by atoms with E-state index in [1.807, 2.05) is 0 Å². The first-order valence-corrected chi connectivity index (χ1v) is 6.24. The molecule has 21 heavy (non-hydrogen) atoms. The summed E-state index contributed by atoms with van der Waals surface area (Å²) in [5, 5.41) is 13.7. The number of rotatable bonds is 4. The van der Waals surface area contributed by atoms with E-state index in [0.717, 1.165) is 22.9 Å². The van der Waals surface area contributed by atoms with Gasteiger partial charge in [0.25, 0.3) is 11.2 Å². The minimum Gasteiger partial charge on any atom is -0.324 e. The molecule has 0 unspecified atom stereocenters. The summed E-state index contributed by atoms with van der Waals surface area (Å²) >= 11 is 5.79. The smallest absolute Gasteiger partial charge is 0.285 e. The molecule has 0 aliphatic heterocycles. The second-order valence-corrected chi connectivity index (χ2v) is 4.61. The van der Waals surface area contributed by atoms with Crippen molar-refractivity contribution in [3.8, 4) is 0 Å². The lowest BCUT2D eigenvalue weighted by Gasteiger charge is -2.07. The Morgan fingerprint density at radius 2 is 2.10 bits per heavy atom. The van der Waals surface area contributed by atoms with E-state index in [4.69, 9.17) is 11.6 Å². The van der Waals surface area contributed by atoms with Gasteiger partial charge in [-0.2, -0.15) is 0 Å². The highest BCUT2D eigenvalue weighted by atomic mass is 35.5. The highest BCUT2D eigenvalue weighted by Crippen LogP contribution is 2.14. The van der Waals surface area contributed by atoms with Gasteiger partial charge >= 0.3 is 0 Å².